The normalized spacial score (nSPS) is 15.6. The van der Waals surface area contributed by atoms with Gasteiger partial charge in [0.15, 0.2) is 0 Å². The summed E-state index contributed by atoms with van der Waals surface area (Å²) in [5.74, 6) is 0.484. The molecule has 1 aliphatic heterocycles. The number of rotatable bonds is 5. The second kappa shape index (κ2) is 8.72. The van der Waals surface area contributed by atoms with Crippen LogP contribution in [0.3, 0.4) is 0 Å². The van der Waals surface area contributed by atoms with Gasteiger partial charge in [-0.25, -0.2) is 4.68 Å². The van der Waals surface area contributed by atoms with Gasteiger partial charge in [0.2, 0.25) is 0 Å². The largest absolute Gasteiger partial charge is 0.299 e. The third kappa shape index (κ3) is 4.51. The second-order valence-corrected chi connectivity index (χ2v) is 7.88. The van der Waals surface area contributed by atoms with Gasteiger partial charge in [-0.1, -0.05) is 54.1 Å². The van der Waals surface area contributed by atoms with Gasteiger partial charge in [0, 0.05) is 24.3 Å². The van der Waals surface area contributed by atoms with Gasteiger partial charge in [0.1, 0.15) is 0 Å². The summed E-state index contributed by atoms with van der Waals surface area (Å²) < 4.78 is 1.64. The molecule has 0 bridgehead atoms. The van der Waals surface area contributed by atoms with Gasteiger partial charge >= 0.3 is 0 Å². The average molecular weight is 394 g/mol. The minimum Gasteiger partial charge on any atom is -0.299 e. The third-order valence-electron chi connectivity index (χ3n) is 5.45. The van der Waals surface area contributed by atoms with Crippen LogP contribution in [0.25, 0.3) is 11.1 Å². The molecule has 4 rings (SSSR count). The van der Waals surface area contributed by atoms with Crippen molar-refractivity contribution in [2.75, 3.05) is 13.1 Å². The molecule has 1 aliphatic rings. The molecule has 0 aliphatic carbocycles. The Kier molecular flexibility index (Phi) is 5.89. The maximum absolute atomic E-state index is 12.9. The van der Waals surface area contributed by atoms with Crippen LogP contribution in [0.4, 0.5) is 0 Å². The van der Waals surface area contributed by atoms with Gasteiger partial charge < -0.3 is 0 Å². The second-order valence-electron chi connectivity index (χ2n) is 7.44. The Hall–Kier alpha value is -2.43. The smallest absolute Gasteiger partial charge is 0.274 e. The van der Waals surface area contributed by atoms with Gasteiger partial charge in [-0.3, -0.25) is 9.69 Å². The highest BCUT2D eigenvalue weighted by molar-refractivity contribution is 6.30. The summed E-state index contributed by atoms with van der Waals surface area (Å²) >= 11 is 5.97. The summed E-state index contributed by atoms with van der Waals surface area (Å²) in [4.78, 5) is 15.3. The van der Waals surface area contributed by atoms with E-state index in [4.69, 9.17) is 11.6 Å². The maximum Gasteiger partial charge on any atom is 0.274 e. The topological polar surface area (TPSA) is 38.1 Å². The lowest BCUT2D eigenvalue weighted by Gasteiger charge is -2.32. The Morgan fingerprint density at radius 1 is 0.964 bits per heavy atom. The number of hydrogen-bond acceptors (Lipinski definition) is 3. The number of benzene rings is 2. The number of piperidine rings is 1. The van der Waals surface area contributed by atoms with Crippen molar-refractivity contribution in [2.24, 2.45) is 5.92 Å². The molecule has 0 unspecified atom stereocenters. The molecule has 0 N–H and O–H groups in total. The monoisotopic (exact) mass is 393 g/mol. The first-order valence-electron chi connectivity index (χ1n) is 9.77. The Morgan fingerprint density at radius 3 is 2.39 bits per heavy atom. The SMILES string of the molecule is O=c1c(-c2ccccc2)ccnn1CC1CCN(Cc2ccc(Cl)cc2)CC1. The highest BCUT2D eigenvalue weighted by atomic mass is 35.5. The molecule has 5 heteroatoms. The zero-order valence-electron chi connectivity index (χ0n) is 15.8. The van der Waals surface area contributed by atoms with E-state index in [-0.39, 0.29) is 5.56 Å². The summed E-state index contributed by atoms with van der Waals surface area (Å²) in [6.07, 6.45) is 3.90. The molecule has 2 heterocycles. The van der Waals surface area contributed by atoms with Crippen LogP contribution in [0.1, 0.15) is 18.4 Å². The van der Waals surface area contributed by atoms with Crippen molar-refractivity contribution >= 4 is 11.6 Å². The van der Waals surface area contributed by atoms with E-state index in [0.717, 1.165) is 48.6 Å². The van der Waals surface area contributed by atoms with E-state index in [1.54, 1.807) is 10.9 Å². The Labute approximate surface area is 170 Å². The highest BCUT2D eigenvalue weighted by Crippen LogP contribution is 2.21. The quantitative estimate of drug-likeness (QED) is 0.641. The van der Waals surface area contributed by atoms with Crippen LogP contribution in [0.15, 0.2) is 71.7 Å². The molecule has 0 amide bonds. The van der Waals surface area contributed by atoms with Crippen LogP contribution >= 0.6 is 11.6 Å². The van der Waals surface area contributed by atoms with Gasteiger partial charge in [0.25, 0.3) is 5.56 Å². The molecule has 1 aromatic heterocycles. The standard InChI is InChI=1S/C23H24ClN3O/c24-21-8-6-18(7-9-21)16-26-14-11-19(12-15-26)17-27-23(28)22(10-13-25-27)20-4-2-1-3-5-20/h1-10,13,19H,11-12,14-17H2. The van der Waals surface area contributed by atoms with Gasteiger partial charge in [-0.05, 0) is 61.2 Å². The Bertz CT molecular complexity index is 961. The number of likely N-dealkylation sites (tertiary alicyclic amines) is 1. The summed E-state index contributed by atoms with van der Waals surface area (Å²) in [5.41, 5.74) is 2.95. The average Bonchev–Trinajstić information content (AvgIpc) is 2.73. The molecule has 1 saturated heterocycles. The van der Waals surface area contributed by atoms with Crippen molar-refractivity contribution < 1.29 is 0 Å². The first kappa shape index (κ1) is 18.9. The summed E-state index contributed by atoms with van der Waals surface area (Å²) in [6.45, 7) is 3.72. The van der Waals surface area contributed by atoms with E-state index in [9.17, 15) is 4.79 Å². The van der Waals surface area contributed by atoms with Crippen molar-refractivity contribution in [2.45, 2.75) is 25.9 Å². The van der Waals surface area contributed by atoms with Gasteiger partial charge in [-0.15, -0.1) is 0 Å². The predicted octanol–water partition coefficient (Wildman–Crippen LogP) is 4.48. The molecule has 3 aromatic rings. The van der Waals surface area contributed by atoms with Crippen molar-refractivity contribution in [3.05, 3.63) is 87.8 Å². The number of nitrogens with zero attached hydrogens (tertiary/aromatic N) is 3. The fourth-order valence-electron chi connectivity index (χ4n) is 3.84. The lowest BCUT2D eigenvalue weighted by Crippen LogP contribution is -2.36. The molecule has 2 aromatic carbocycles. The van der Waals surface area contributed by atoms with E-state index >= 15 is 0 Å². The van der Waals surface area contributed by atoms with E-state index in [1.165, 1.54) is 5.56 Å². The number of halogens is 1. The molecule has 0 spiro atoms. The molecule has 28 heavy (non-hydrogen) atoms. The molecular weight excluding hydrogens is 370 g/mol. The maximum atomic E-state index is 12.9. The molecule has 0 radical (unpaired) electrons. The van der Waals surface area contributed by atoms with Crippen LogP contribution in [0.2, 0.25) is 5.02 Å². The lowest BCUT2D eigenvalue weighted by atomic mass is 9.96. The summed E-state index contributed by atoms with van der Waals surface area (Å²) in [7, 11) is 0. The molecule has 4 nitrogen and oxygen atoms in total. The Balaban J connectivity index is 1.37. The predicted molar refractivity (Wildman–Crippen MR) is 113 cm³/mol. The zero-order valence-corrected chi connectivity index (χ0v) is 16.6. The van der Waals surface area contributed by atoms with Crippen molar-refractivity contribution in [3.8, 4) is 11.1 Å². The zero-order chi connectivity index (χ0) is 19.3. The van der Waals surface area contributed by atoms with Crippen LogP contribution in [0.5, 0.6) is 0 Å². The molecule has 1 fully saturated rings. The van der Waals surface area contributed by atoms with Crippen molar-refractivity contribution in [1.29, 1.82) is 0 Å². The molecule has 0 saturated carbocycles. The third-order valence-corrected chi connectivity index (χ3v) is 5.71. The lowest BCUT2D eigenvalue weighted by molar-refractivity contribution is 0.163. The minimum atomic E-state index is -0.00251. The van der Waals surface area contributed by atoms with Crippen LogP contribution in [-0.4, -0.2) is 27.8 Å². The molecular formula is C23H24ClN3O. The van der Waals surface area contributed by atoms with Crippen LogP contribution < -0.4 is 5.56 Å². The number of aromatic nitrogens is 2. The van der Waals surface area contributed by atoms with Crippen LogP contribution in [-0.2, 0) is 13.1 Å². The van der Waals surface area contributed by atoms with Crippen LogP contribution in [0, 0.1) is 5.92 Å². The van der Waals surface area contributed by atoms with E-state index in [1.807, 2.05) is 48.5 Å². The first-order chi connectivity index (χ1) is 13.7. The summed E-state index contributed by atoms with van der Waals surface area (Å²) in [5, 5.41) is 5.11. The first-order valence-corrected chi connectivity index (χ1v) is 10.2. The van der Waals surface area contributed by atoms with Gasteiger partial charge in [0.05, 0.1) is 5.56 Å². The highest BCUT2D eigenvalue weighted by Gasteiger charge is 2.21. The van der Waals surface area contributed by atoms with Crippen molar-refractivity contribution in [1.82, 2.24) is 14.7 Å². The fraction of sp³-hybridized carbons (Fsp3) is 0.304. The minimum absolute atomic E-state index is 0.00251. The van der Waals surface area contributed by atoms with Gasteiger partial charge in [-0.2, -0.15) is 5.10 Å². The van der Waals surface area contributed by atoms with E-state index in [0.29, 0.717) is 12.5 Å². The molecule has 144 valence electrons. The van der Waals surface area contributed by atoms with E-state index < -0.39 is 0 Å². The number of hydrogen-bond donors (Lipinski definition) is 0. The fourth-order valence-corrected chi connectivity index (χ4v) is 3.96. The summed E-state index contributed by atoms with van der Waals surface area (Å²) in [6, 6.07) is 19.7. The van der Waals surface area contributed by atoms with E-state index in [2.05, 4.69) is 22.1 Å². The molecule has 0 atom stereocenters. The van der Waals surface area contributed by atoms with Crippen molar-refractivity contribution in [3.63, 3.8) is 0 Å². The Morgan fingerprint density at radius 2 is 1.68 bits per heavy atom.